The number of rotatable bonds is 40. The van der Waals surface area contributed by atoms with E-state index < -0.39 is 32.5 Å². The molecule has 0 spiro atoms. The highest BCUT2D eigenvalue weighted by Crippen LogP contribution is 2.38. The Kier molecular flexibility index (Phi) is 39.2. The molecular weight excluding hydrogens is 774 g/mol. The molecule has 0 N–H and O–H groups in total. The van der Waals surface area contributed by atoms with Crippen molar-refractivity contribution in [2.24, 2.45) is 0 Å². The quantitative estimate of drug-likeness (QED) is 0.0197. The molecule has 0 amide bonds. The number of quaternary nitrogens is 1. The van der Waals surface area contributed by atoms with Crippen LogP contribution in [0, 0.1) is 0 Å². The van der Waals surface area contributed by atoms with Crippen molar-refractivity contribution < 1.29 is 42.1 Å². The predicted octanol–water partition coefficient (Wildman–Crippen LogP) is 12.7. The van der Waals surface area contributed by atoms with Crippen molar-refractivity contribution in [3.63, 3.8) is 0 Å². The minimum absolute atomic E-state index is 0.0520. The minimum atomic E-state index is -4.66. The van der Waals surface area contributed by atoms with Gasteiger partial charge in [-0.15, -0.1) is 0 Å². The first-order chi connectivity index (χ1) is 29.0. The Morgan fingerprint density at radius 2 is 0.917 bits per heavy atom. The van der Waals surface area contributed by atoms with Gasteiger partial charge < -0.3 is 27.9 Å². The molecular formula is C50H84NO8P. The molecule has 0 saturated heterocycles. The van der Waals surface area contributed by atoms with Gasteiger partial charge in [0, 0.05) is 12.8 Å². The molecule has 0 aromatic heterocycles. The smallest absolute Gasteiger partial charge is 0.306 e. The summed E-state index contributed by atoms with van der Waals surface area (Å²) in [5.74, 6) is -0.946. The Morgan fingerprint density at radius 3 is 1.35 bits per heavy atom. The van der Waals surface area contributed by atoms with E-state index in [0.717, 1.165) is 64.2 Å². The van der Waals surface area contributed by atoms with E-state index in [-0.39, 0.29) is 26.1 Å². The second-order valence-corrected chi connectivity index (χ2v) is 17.5. The van der Waals surface area contributed by atoms with Crippen LogP contribution in [0.25, 0.3) is 0 Å². The Labute approximate surface area is 366 Å². The van der Waals surface area contributed by atoms with Gasteiger partial charge in [-0.3, -0.25) is 14.2 Å². The number of esters is 2. The third-order valence-electron chi connectivity index (χ3n) is 9.08. The lowest BCUT2D eigenvalue weighted by molar-refractivity contribution is -0.870. The molecule has 0 radical (unpaired) electrons. The van der Waals surface area contributed by atoms with E-state index in [4.69, 9.17) is 18.5 Å². The van der Waals surface area contributed by atoms with Gasteiger partial charge >= 0.3 is 11.9 Å². The van der Waals surface area contributed by atoms with E-state index in [1.54, 1.807) is 0 Å². The fourth-order valence-electron chi connectivity index (χ4n) is 5.45. The van der Waals surface area contributed by atoms with E-state index >= 15 is 0 Å². The predicted molar refractivity (Wildman–Crippen MR) is 249 cm³/mol. The summed E-state index contributed by atoms with van der Waals surface area (Å²) in [7, 11) is 1.09. The van der Waals surface area contributed by atoms with Crippen LogP contribution in [-0.2, 0) is 32.7 Å². The SMILES string of the molecule is CCCCC/C=C/C/C=C/C/C=C/C/C=C/CCCCCC(=O)OC[C@H](COP(=O)([O-])OCC[N+](C)(C)C)OC(=O)CCC/C=C/C/C=C/C/C=C/C/C=C/CCCCC. The molecule has 0 aromatic rings. The van der Waals surface area contributed by atoms with Gasteiger partial charge in [0.2, 0.25) is 0 Å². The van der Waals surface area contributed by atoms with E-state index in [2.05, 4.69) is 105 Å². The summed E-state index contributed by atoms with van der Waals surface area (Å²) in [4.78, 5) is 37.6. The molecule has 0 aliphatic heterocycles. The lowest BCUT2D eigenvalue weighted by Crippen LogP contribution is -2.37. The number of carbonyl (C=O) groups is 2. The molecule has 0 aromatic carbocycles. The molecule has 342 valence electrons. The number of phosphoric ester groups is 1. The van der Waals surface area contributed by atoms with Gasteiger partial charge in [-0.25, -0.2) is 0 Å². The summed E-state index contributed by atoms with van der Waals surface area (Å²) in [5, 5.41) is 0. The van der Waals surface area contributed by atoms with E-state index in [9.17, 15) is 19.0 Å². The van der Waals surface area contributed by atoms with Crippen molar-refractivity contribution in [1.82, 2.24) is 0 Å². The number of unbranched alkanes of at least 4 members (excludes halogenated alkanes) is 10. The van der Waals surface area contributed by atoms with Gasteiger partial charge in [0.25, 0.3) is 7.82 Å². The van der Waals surface area contributed by atoms with Crippen LogP contribution in [0.15, 0.2) is 97.2 Å². The summed E-state index contributed by atoms with van der Waals surface area (Å²) in [6.45, 7) is 4.04. The molecule has 9 nitrogen and oxygen atoms in total. The fourth-order valence-corrected chi connectivity index (χ4v) is 6.18. The highest BCUT2D eigenvalue weighted by atomic mass is 31.2. The lowest BCUT2D eigenvalue weighted by atomic mass is 10.1. The Balaban J connectivity index is 4.52. The van der Waals surface area contributed by atoms with Gasteiger partial charge in [0.15, 0.2) is 6.10 Å². The van der Waals surface area contributed by atoms with Crippen LogP contribution in [0.5, 0.6) is 0 Å². The third kappa shape index (κ3) is 44.5. The zero-order chi connectivity index (χ0) is 44.3. The van der Waals surface area contributed by atoms with Gasteiger partial charge in [-0.05, 0) is 96.3 Å². The molecule has 1 unspecified atom stereocenters. The molecule has 0 heterocycles. The summed E-state index contributed by atoms with van der Waals surface area (Å²) < 4.78 is 33.8. The van der Waals surface area contributed by atoms with E-state index in [1.165, 1.54) is 44.9 Å². The molecule has 0 bridgehead atoms. The molecule has 0 aliphatic carbocycles. The number of likely N-dealkylation sites (N-methyl/N-ethyl adjacent to an activating group) is 1. The van der Waals surface area contributed by atoms with Crippen molar-refractivity contribution in [1.29, 1.82) is 0 Å². The Hall–Kier alpha value is -3.07. The first-order valence-corrected chi connectivity index (χ1v) is 24.4. The zero-order valence-electron chi connectivity index (χ0n) is 38.4. The van der Waals surface area contributed by atoms with Crippen molar-refractivity contribution in [3.8, 4) is 0 Å². The first-order valence-electron chi connectivity index (χ1n) is 22.9. The highest BCUT2D eigenvalue weighted by molar-refractivity contribution is 7.45. The first kappa shape index (κ1) is 56.9. The lowest BCUT2D eigenvalue weighted by Gasteiger charge is -2.28. The van der Waals surface area contributed by atoms with Gasteiger partial charge in [-0.2, -0.15) is 0 Å². The van der Waals surface area contributed by atoms with Crippen LogP contribution in [0.3, 0.4) is 0 Å². The number of hydrogen-bond donors (Lipinski definition) is 0. The van der Waals surface area contributed by atoms with Crippen molar-refractivity contribution in [2.45, 2.75) is 161 Å². The van der Waals surface area contributed by atoms with Crippen LogP contribution in [-0.4, -0.2) is 70.0 Å². The largest absolute Gasteiger partial charge is 0.756 e. The molecule has 10 heteroatoms. The summed E-state index contributed by atoms with van der Waals surface area (Å²) in [5.41, 5.74) is 0. The van der Waals surface area contributed by atoms with Crippen LogP contribution in [0.1, 0.15) is 155 Å². The Bertz CT molecular complexity index is 1340. The normalized spacial score (nSPS) is 14.4. The topological polar surface area (TPSA) is 111 Å². The standard InChI is InChI=1S/C50H84NO8P/c1-6-8-10-12-14-16-18-20-22-24-25-27-28-30-32-34-36-38-40-42-49(52)56-46-48(47-58-60(54,55)57-45-44-51(3,4)5)59-50(53)43-41-39-37-35-33-31-29-26-23-21-19-17-15-13-11-9-7-2/h14-17,20-23,25,27,29-32,35,37,48H,6-13,18-19,24,26,28,33-34,36,38-47H2,1-5H3/b16-14+,17-15+,22-20+,23-21+,27-25+,31-29+,32-30+,37-35+/t48-/m1/s1. The molecule has 0 saturated carbocycles. The second-order valence-electron chi connectivity index (χ2n) is 16.1. The molecule has 0 rings (SSSR count). The molecule has 2 atom stereocenters. The van der Waals surface area contributed by atoms with Crippen LogP contribution < -0.4 is 4.89 Å². The number of allylic oxidation sites excluding steroid dienone is 16. The number of nitrogens with zero attached hydrogens (tertiary/aromatic N) is 1. The molecule has 60 heavy (non-hydrogen) atoms. The van der Waals surface area contributed by atoms with Gasteiger partial charge in [-0.1, -0.05) is 143 Å². The van der Waals surface area contributed by atoms with Crippen molar-refractivity contribution in [3.05, 3.63) is 97.2 Å². The summed E-state index contributed by atoms with van der Waals surface area (Å²) in [6.07, 6.45) is 54.4. The van der Waals surface area contributed by atoms with Gasteiger partial charge in [0.1, 0.15) is 19.8 Å². The molecule has 0 fully saturated rings. The van der Waals surface area contributed by atoms with Gasteiger partial charge in [0.05, 0.1) is 27.7 Å². The number of carbonyl (C=O) groups excluding carboxylic acids is 2. The number of phosphoric acid groups is 1. The number of hydrogen-bond acceptors (Lipinski definition) is 8. The van der Waals surface area contributed by atoms with Crippen LogP contribution in [0.4, 0.5) is 0 Å². The second kappa shape index (κ2) is 41.3. The maximum Gasteiger partial charge on any atom is 0.306 e. The average molecular weight is 858 g/mol. The number of ether oxygens (including phenoxy) is 2. The third-order valence-corrected chi connectivity index (χ3v) is 10.0. The summed E-state index contributed by atoms with van der Waals surface area (Å²) >= 11 is 0. The highest BCUT2D eigenvalue weighted by Gasteiger charge is 2.21. The minimum Gasteiger partial charge on any atom is -0.756 e. The van der Waals surface area contributed by atoms with E-state index in [0.29, 0.717) is 30.3 Å². The maximum absolute atomic E-state index is 12.7. The molecule has 0 aliphatic rings. The maximum atomic E-state index is 12.7. The van der Waals surface area contributed by atoms with Crippen molar-refractivity contribution in [2.75, 3.05) is 47.5 Å². The zero-order valence-corrected chi connectivity index (χ0v) is 39.3. The average Bonchev–Trinajstić information content (AvgIpc) is 3.20. The Morgan fingerprint density at radius 1 is 0.517 bits per heavy atom. The van der Waals surface area contributed by atoms with Crippen molar-refractivity contribution >= 4 is 19.8 Å². The van der Waals surface area contributed by atoms with E-state index in [1.807, 2.05) is 27.2 Å². The summed E-state index contributed by atoms with van der Waals surface area (Å²) in [6, 6.07) is 0. The monoisotopic (exact) mass is 858 g/mol. The van der Waals surface area contributed by atoms with Crippen LogP contribution in [0.2, 0.25) is 0 Å². The fraction of sp³-hybridized carbons (Fsp3) is 0.640. The van der Waals surface area contributed by atoms with Crippen LogP contribution >= 0.6 is 7.82 Å².